The van der Waals surface area contributed by atoms with Crippen LogP contribution in [0.5, 0.6) is 0 Å². The molecule has 15 heavy (non-hydrogen) atoms. The molecule has 0 saturated heterocycles. The van der Waals surface area contributed by atoms with Crippen molar-refractivity contribution in [3.63, 3.8) is 0 Å². The van der Waals surface area contributed by atoms with Crippen molar-refractivity contribution in [2.24, 2.45) is 0 Å². The number of benzene rings is 1. The number of ketones is 1. The van der Waals surface area contributed by atoms with Crippen molar-refractivity contribution in [1.82, 2.24) is 0 Å². The molecular weight excluding hydrogens is 184 g/mol. The van der Waals surface area contributed by atoms with E-state index in [1.165, 1.54) is 11.1 Å². The second-order valence-corrected chi connectivity index (χ2v) is 3.96. The van der Waals surface area contributed by atoms with Gasteiger partial charge >= 0.3 is 0 Å². The molecule has 0 saturated carbocycles. The Morgan fingerprint density at radius 1 is 1.40 bits per heavy atom. The van der Waals surface area contributed by atoms with Crippen molar-refractivity contribution in [1.29, 1.82) is 0 Å². The third-order valence-electron chi connectivity index (χ3n) is 2.71. The lowest BCUT2D eigenvalue weighted by Crippen LogP contribution is -2.02. The predicted octanol–water partition coefficient (Wildman–Crippen LogP) is 3.74. The van der Waals surface area contributed by atoms with E-state index >= 15 is 0 Å². The SMILES string of the molecule is C[CH]CCCc1c(C)cccc1C(C)=O. The summed E-state index contributed by atoms with van der Waals surface area (Å²) < 4.78 is 0. The summed E-state index contributed by atoms with van der Waals surface area (Å²) in [5.74, 6) is 0.175. The third kappa shape index (κ3) is 3.19. The summed E-state index contributed by atoms with van der Waals surface area (Å²) in [5, 5.41) is 0. The number of Topliss-reactive ketones (excluding diaryl/α,β-unsaturated/α-hetero) is 1. The monoisotopic (exact) mass is 203 g/mol. The fourth-order valence-electron chi connectivity index (χ4n) is 1.85. The van der Waals surface area contributed by atoms with Crippen LogP contribution in [0.1, 0.15) is 48.2 Å². The molecule has 0 amide bonds. The first-order valence-corrected chi connectivity index (χ1v) is 5.54. The minimum Gasteiger partial charge on any atom is -0.295 e. The molecule has 0 heterocycles. The van der Waals surface area contributed by atoms with Gasteiger partial charge in [0.15, 0.2) is 5.78 Å². The van der Waals surface area contributed by atoms with Crippen LogP contribution in [0.15, 0.2) is 18.2 Å². The largest absolute Gasteiger partial charge is 0.295 e. The van der Waals surface area contributed by atoms with Gasteiger partial charge in [-0.15, -0.1) is 0 Å². The van der Waals surface area contributed by atoms with E-state index in [4.69, 9.17) is 0 Å². The highest BCUT2D eigenvalue weighted by Gasteiger charge is 2.08. The molecule has 0 aliphatic rings. The van der Waals surface area contributed by atoms with E-state index in [1.807, 2.05) is 12.1 Å². The van der Waals surface area contributed by atoms with Gasteiger partial charge < -0.3 is 0 Å². The first-order chi connectivity index (χ1) is 7.16. The van der Waals surface area contributed by atoms with Crippen LogP contribution >= 0.6 is 0 Å². The molecule has 0 aromatic heterocycles. The van der Waals surface area contributed by atoms with Crippen LogP contribution in [0, 0.1) is 13.3 Å². The van der Waals surface area contributed by atoms with Crippen molar-refractivity contribution >= 4 is 5.78 Å². The van der Waals surface area contributed by atoms with Gasteiger partial charge in [-0.2, -0.15) is 0 Å². The van der Waals surface area contributed by atoms with Crippen LogP contribution in [0.25, 0.3) is 0 Å². The van der Waals surface area contributed by atoms with Gasteiger partial charge in [0.1, 0.15) is 0 Å². The molecule has 0 spiro atoms. The van der Waals surface area contributed by atoms with Gasteiger partial charge in [-0.1, -0.05) is 31.5 Å². The number of carbonyl (C=O) groups excluding carboxylic acids is 1. The zero-order valence-corrected chi connectivity index (χ0v) is 9.84. The summed E-state index contributed by atoms with van der Waals surface area (Å²) in [6, 6.07) is 5.97. The van der Waals surface area contributed by atoms with Crippen LogP contribution in [0.4, 0.5) is 0 Å². The van der Waals surface area contributed by atoms with Gasteiger partial charge in [0.25, 0.3) is 0 Å². The Labute approximate surface area is 92.5 Å². The molecular formula is C14H19O. The normalized spacial score (nSPS) is 10.3. The summed E-state index contributed by atoms with van der Waals surface area (Å²) in [6.45, 7) is 5.80. The Morgan fingerprint density at radius 3 is 2.73 bits per heavy atom. The molecule has 1 rings (SSSR count). The summed E-state index contributed by atoms with van der Waals surface area (Å²) >= 11 is 0. The number of unbranched alkanes of at least 4 members (excludes halogenated alkanes) is 2. The van der Waals surface area contributed by atoms with Gasteiger partial charge in [-0.05, 0) is 44.2 Å². The van der Waals surface area contributed by atoms with Crippen molar-refractivity contribution in [2.75, 3.05) is 0 Å². The van der Waals surface area contributed by atoms with Crippen LogP contribution in [-0.4, -0.2) is 5.78 Å². The van der Waals surface area contributed by atoms with E-state index in [0.29, 0.717) is 0 Å². The van der Waals surface area contributed by atoms with Gasteiger partial charge in [0, 0.05) is 5.56 Å². The zero-order valence-electron chi connectivity index (χ0n) is 9.84. The molecule has 1 aromatic rings. The topological polar surface area (TPSA) is 17.1 Å². The Bertz CT molecular complexity index is 339. The molecule has 0 aliphatic heterocycles. The molecule has 0 bridgehead atoms. The molecule has 0 aliphatic carbocycles. The van der Waals surface area contributed by atoms with E-state index in [0.717, 1.165) is 24.8 Å². The number of carbonyl (C=O) groups is 1. The number of hydrogen-bond acceptors (Lipinski definition) is 1. The van der Waals surface area contributed by atoms with Crippen LogP contribution in [0.3, 0.4) is 0 Å². The third-order valence-corrected chi connectivity index (χ3v) is 2.71. The quantitative estimate of drug-likeness (QED) is 0.526. The van der Waals surface area contributed by atoms with E-state index in [2.05, 4.69) is 26.3 Å². The smallest absolute Gasteiger partial charge is 0.160 e. The minimum atomic E-state index is 0.175. The summed E-state index contributed by atoms with van der Waals surface area (Å²) in [5.41, 5.74) is 3.36. The van der Waals surface area contributed by atoms with E-state index in [-0.39, 0.29) is 5.78 Å². The Morgan fingerprint density at radius 2 is 2.13 bits per heavy atom. The van der Waals surface area contributed by atoms with Gasteiger partial charge in [-0.3, -0.25) is 4.79 Å². The first-order valence-electron chi connectivity index (χ1n) is 5.54. The standard InChI is InChI=1S/C14H19O/c1-4-5-6-9-13-11(2)8-7-10-14(13)12(3)15/h4,7-8,10H,5-6,9H2,1-3H3. The highest BCUT2D eigenvalue weighted by molar-refractivity contribution is 5.95. The lowest BCUT2D eigenvalue weighted by Gasteiger charge is -2.09. The van der Waals surface area contributed by atoms with E-state index in [1.54, 1.807) is 6.92 Å². The maximum absolute atomic E-state index is 11.4. The maximum Gasteiger partial charge on any atom is 0.160 e. The molecule has 1 aromatic carbocycles. The number of aryl methyl sites for hydroxylation is 1. The predicted molar refractivity (Wildman–Crippen MR) is 64.1 cm³/mol. The fraction of sp³-hybridized carbons (Fsp3) is 0.429. The highest BCUT2D eigenvalue weighted by Crippen LogP contribution is 2.17. The van der Waals surface area contributed by atoms with E-state index in [9.17, 15) is 4.79 Å². The Balaban J connectivity index is 2.87. The summed E-state index contributed by atoms with van der Waals surface area (Å²) in [7, 11) is 0. The molecule has 0 fully saturated rings. The average Bonchev–Trinajstić information content (AvgIpc) is 2.20. The van der Waals surface area contributed by atoms with Crippen molar-refractivity contribution in [2.45, 2.75) is 40.0 Å². The van der Waals surface area contributed by atoms with Crippen molar-refractivity contribution < 1.29 is 4.79 Å². The summed E-state index contributed by atoms with van der Waals surface area (Å²) in [4.78, 5) is 11.4. The lowest BCUT2D eigenvalue weighted by molar-refractivity contribution is 0.101. The second-order valence-electron chi connectivity index (χ2n) is 3.96. The van der Waals surface area contributed by atoms with Gasteiger partial charge in [0.2, 0.25) is 0 Å². The van der Waals surface area contributed by atoms with Crippen LogP contribution in [-0.2, 0) is 6.42 Å². The minimum absolute atomic E-state index is 0.175. The molecule has 1 nitrogen and oxygen atoms in total. The van der Waals surface area contributed by atoms with Crippen LogP contribution < -0.4 is 0 Å². The Hall–Kier alpha value is -1.11. The first kappa shape index (κ1) is 12.0. The average molecular weight is 203 g/mol. The van der Waals surface area contributed by atoms with Gasteiger partial charge in [-0.25, -0.2) is 0 Å². The van der Waals surface area contributed by atoms with E-state index < -0.39 is 0 Å². The van der Waals surface area contributed by atoms with Crippen molar-refractivity contribution in [3.05, 3.63) is 41.3 Å². The van der Waals surface area contributed by atoms with Crippen molar-refractivity contribution in [3.8, 4) is 0 Å². The fourth-order valence-corrected chi connectivity index (χ4v) is 1.85. The Kier molecular flexibility index (Phi) is 4.54. The second kappa shape index (κ2) is 5.69. The zero-order chi connectivity index (χ0) is 11.3. The molecule has 0 unspecified atom stereocenters. The van der Waals surface area contributed by atoms with Crippen LogP contribution in [0.2, 0.25) is 0 Å². The lowest BCUT2D eigenvalue weighted by atomic mass is 9.95. The number of rotatable bonds is 5. The molecule has 81 valence electrons. The summed E-state index contributed by atoms with van der Waals surface area (Å²) in [6.07, 6.45) is 5.42. The highest BCUT2D eigenvalue weighted by atomic mass is 16.1. The molecule has 1 radical (unpaired) electrons. The molecule has 1 heteroatoms. The maximum atomic E-state index is 11.4. The molecule has 0 atom stereocenters. The molecule has 0 N–H and O–H groups in total. The number of hydrogen-bond donors (Lipinski definition) is 0. The van der Waals surface area contributed by atoms with Gasteiger partial charge in [0.05, 0.1) is 0 Å².